The molecule has 5 heteroatoms. The molecule has 0 atom stereocenters. The molecule has 2 N–H and O–H groups in total. The van der Waals surface area contributed by atoms with Crippen LogP contribution in [0.2, 0.25) is 0 Å². The van der Waals surface area contributed by atoms with Crippen LogP contribution in [0.4, 0.5) is 5.69 Å². The number of nitriles is 1. The Hall–Kier alpha value is -3.26. The molecule has 0 aliphatic heterocycles. The van der Waals surface area contributed by atoms with Crippen molar-refractivity contribution >= 4 is 11.6 Å². The molecule has 0 aromatic heterocycles. The summed E-state index contributed by atoms with van der Waals surface area (Å²) in [5, 5.41) is 21.6. The highest BCUT2D eigenvalue weighted by Crippen LogP contribution is 2.21. The Morgan fingerprint density at radius 1 is 1.27 bits per heavy atom. The molecule has 5 nitrogen and oxygen atoms in total. The third-order valence-corrected chi connectivity index (χ3v) is 3.99. The molecule has 0 unspecified atom stereocenters. The Morgan fingerprint density at radius 2 is 1.96 bits per heavy atom. The van der Waals surface area contributed by atoms with E-state index in [-0.39, 0.29) is 17.4 Å². The zero-order valence-corrected chi connectivity index (χ0v) is 15.2. The van der Waals surface area contributed by atoms with Crippen LogP contribution in [-0.4, -0.2) is 22.0 Å². The van der Waals surface area contributed by atoms with E-state index in [1.54, 1.807) is 25.3 Å². The molecule has 26 heavy (non-hydrogen) atoms. The summed E-state index contributed by atoms with van der Waals surface area (Å²) >= 11 is 0. The van der Waals surface area contributed by atoms with Gasteiger partial charge < -0.3 is 15.3 Å². The van der Waals surface area contributed by atoms with Gasteiger partial charge in [0.05, 0.1) is 0 Å². The van der Waals surface area contributed by atoms with E-state index in [1.165, 1.54) is 6.07 Å². The lowest BCUT2D eigenvalue weighted by Gasteiger charge is -2.25. The van der Waals surface area contributed by atoms with Gasteiger partial charge >= 0.3 is 0 Å². The van der Waals surface area contributed by atoms with E-state index in [0.29, 0.717) is 12.2 Å². The monoisotopic (exact) mass is 349 g/mol. The van der Waals surface area contributed by atoms with E-state index >= 15 is 0 Å². The molecule has 0 heterocycles. The van der Waals surface area contributed by atoms with Gasteiger partial charge in [0, 0.05) is 24.5 Å². The second-order valence-corrected chi connectivity index (χ2v) is 6.36. The highest BCUT2D eigenvalue weighted by Gasteiger charge is 2.15. The van der Waals surface area contributed by atoms with Gasteiger partial charge in [0.25, 0.3) is 5.91 Å². The largest absolute Gasteiger partial charge is 0.508 e. The Balaban J connectivity index is 2.20. The first kappa shape index (κ1) is 19.1. The lowest BCUT2D eigenvalue weighted by molar-refractivity contribution is -0.112. The number of benzene rings is 2. The fourth-order valence-electron chi connectivity index (χ4n) is 2.45. The van der Waals surface area contributed by atoms with Gasteiger partial charge in [-0.3, -0.25) is 4.79 Å². The zero-order valence-electron chi connectivity index (χ0n) is 15.2. The van der Waals surface area contributed by atoms with Crippen molar-refractivity contribution in [3.05, 3.63) is 71.4 Å². The van der Waals surface area contributed by atoms with Gasteiger partial charge in [-0.1, -0.05) is 30.3 Å². The maximum atomic E-state index is 12.5. The van der Waals surface area contributed by atoms with Gasteiger partial charge in [-0.2, -0.15) is 5.26 Å². The van der Waals surface area contributed by atoms with Crippen LogP contribution in [-0.2, 0) is 11.3 Å². The Bertz CT molecular complexity index is 836. The second kappa shape index (κ2) is 8.72. The number of hydrogen-bond donors (Lipinski definition) is 2. The lowest BCUT2D eigenvalue weighted by atomic mass is 10.1. The van der Waals surface area contributed by atoms with Crippen LogP contribution in [0.3, 0.4) is 0 Å². The molecule has 2 rings (SSSR count). The molecule has 0 aliphatic carbocycles. The quantitative estimate of drug-likeness (QED) is 0.470. The highest BCUT2D eigenvalue weighted by molar-refractivity contribution is 6.06. The average molecular weight is 349 g/mol. The van der Waals surface area contributed by atoms with Gasteiger partial charge in [-0.15, -0.1) is 0 Å². The zero-order chi connectivity index (χ0) is 19.1. The van der Waals surface area contributed by atoms with Crippen molar-refractivity contribution in [1.29, 1.82) is 5.26 Å². The number of carbonyl (C=O) groups is 1. The summed E-state index contributed by atoms with van der Waals surface area (Å²) in [5.74, 6) is -0.342. The van der Waals surface area contributed by atoms with Crippen molar-refractivity contribution in [1.82, 2.24) is 4.90 Å². The number of rotatable bonds is 6. The molecular formula is C21H23N3O2. The molecule has 0 saturated heterocycles. The van der Waals surface area contributed by atoms with Gasteiger partial charge in [0.2, 0.25) is 0 Å². The molecule has 2 aromatic carbocycles. The van der Waals surface area contributed by atoms with Gasteiger partial charge in [-0.05, 0) is 50.1 Å². The molecule has 0 bridgehead atoms. The Kier molecular flexibility index (Phi) is 6.40. The van der Waals surface area contributed by atoms with Crippen molar-refractivity contribution in [3.8, 4) is 11.8 Å². The third kappa shape index (κ3) is 5.12. The number of amides is 1. The lowest BCUT2D eigenvalue weighted by Crippen LogP contribution is -2.27. The number of phenolic OH excluding ortho intramolecular Hbond substituents is 1. The van der Waals surface area contributed by atoms with Crippen molar-refractivity contribution < 1.29 is 9.90 Å². The predicted molar refractivity (Wildman–Crippen MR) is 102 cm³/mol. The number of nitrogens with one attached hydrogen (secondary N) is 1. The summed E-state index contributed by atoms with van der Waals surface area (Å²) in [7, 11) is 0. The summed E-state index contributed by atoms with van der Waals surface area (Å²) in [4.78, 5) is 14.5. The van der Waals surface area contributed by atoms with Crippen molar-refractivity contribution in [2.45, 2.75) is 33.4 Å². The molecule has 134 valence electrons. The van der Waals surface area contributed by atoms with Crippen LogP contribution < -0.4 is 5.32 Å². The number of phenols is 1. The Morgan fingerprint density at radius 3 is 2.54 bits per heavy atom. The highest BCUT2D eigenvalue weighted by atomic mass is 16.3. The maximum Gasteiger partial charge on any atom is 0.267 e. The summed E-state index contributed by atoms with van der Waals surface area (Å²) < 4.78 is 0. The number of anilines is 1. The van der Waals surface area contributed by atoms with Crippen LogP contribution in [0.5, 0.6) is 5.75 Å². The number of aromatic hydroxyl groups is 1. The predicted octanol–water partition coefficient (Wildman–Crippen LogP) is 3.96. The molecule has 0 radical (unpaired) electrons. The van der Waals surface area contributed by atoms with E-state index < -0.39 is 5.91 Å². The van der Waals surface area contributed by atoms with Crippen LogP contribution in [0.25, 0.3) is 0 Å². The standard InChI is InChI=1S/C21H23N3O2/c1-15(2)24(13-17-7-5-4-6-8-17)14-18(12-22)21(26)23-20-10-9-19(25)11-16(20)3/h4-11,14-15,25H,13H2,1-3H3,(H,23,26)/b18-14-. The minimum Gasteiger partial charge on any atom is -0.508 e. The topological polar surface area (TPSA) is 76.4 Å². The SMILES string of the molecule is Cc1cc(O)ccc1NC(=O)/C(C#N)=C\N(Cc1ccccc1)C(C)C. The van der Waals surface area contributed by atoms with Crippen LogP contribution in [0, 0.1) is 18.3 Å². The minimum atomic E-state index is -0.472. The first-order chi connectivity index (χ1) is 12.4. The van der Waals surface area contributed by atoms with E-state index in [4.69, 9.17) is 0 Å². The maximum absolute atomic E-state index is 12.5. The Labute approximate surface area is 154 Å². The van der Waals surface area contributed by atoms with Gasteiger partial charge in [-0.25, -0.2) is 0 Å². The summed E-state index contributed by atoms with van der Waals surface area (Å²) in [6, 6.07) is 16.7. The van der Waals surface area contributed by atoms with E-state index in [2.05, 4.69) is 5.32 Å². The van der Waals surface area contributed by atoms with Crippen molar-refractivity contribution in [3.63, 3.8) is 0 Å². The van der Waals surface area contributed by atoms with Gasteiger partial charge in [0.15, 0.2) is 0 Å². The molecule has 0 spiro atoms. The van der Waals surface area contributed by atoms with Crippen molar-refractivity contribution in [2.24, 2.45) is 0 Å². The smallest absolute Gasteiger partial charge is 0.267 e. The minimum absolute atomic E-state index is 0.0297. The average Bonchev–Trinajstić information content (AvgIpc) is 2.61. The number of hydrogen-bond acceptors (Lipinski definition) is 4. The third-order valence-electron chi connectivity index (χ3n) is 3.99. The number of nitrogens with zero attached hydrogens (tertiary/aromatic N) is 2. The molecule has 0 aliphatic rings. The number of carbonyl (C=O) groups excluding carboxylic acids is 1. The molecule has 2 aromatic rings. The summed E-state index contributed by atoms with van der Waals surface area (Å²) in [5.41, 5.74) is 2.42. The molecular weight excluding hydrogens is 326 g/mol. The summed E-state index contributed by atoms with van der Waals surface area (Å²) in [6.07, 6.45) is 1.60. The fourth-order valence-corrected chi connectivity index (χ4v) is 2.45. The van der Waals surface area contributed by atoms with Crippen LogP contribution >= 0.6 is 0 Å². The molecule has 0 saturated carbocycles. The number of aryl methyl sites for hydroxylation is 1. The van der Waals surface area contributed by atoms with Crippen LogP contribution in [0.15, 0.2) is 60.3 Å². The normalized spacial score (nSPS) is 11.1. The first-order valence-corrected chi connectivity index (χ1v) is 8.43. The molecule has 0 fully saturated rings. The van der Waals surface area contributed by atoms with E-state index in [0.717, 1.165) is 11.1 Å². The summed E-state index contributed by atoms with van der Waals surface area (Å²) in [6.45, 7) is 6.41. The van der Waals surface area contributed by atoms with Crippen molar-refractivity contribution in [2.75, 3.05) is 5.32 Å². The fraction of sp³-hybridized carbons (Fsp3) is 0.238. The molecule has 1 amide bonds. The second-order valence-electron chi connectivity index (χ2n) is 6.36. The van der Waals surface area contributed by atoms with Crippen LogP contribution in [0.1, 0.15) is 25.0 Å². The first-order valence-electron chi connectivity index (χ1n) is 8.43. The van der Waals surface area contributed by atoms with E-state index in [9.17, 15) is 15.2 Å². The van der Waals surface area contributed by atoms with Gasteiger partial charge in [0.1, 0.15) is 17.4 Å². The van der Waals surface area contributed by atoms with E-state index in [1.807, 2.05) is 55.1 Å².